The molecule has 1 N–H and O–H groups in total. The topological polar surface area (TPSA) is 41.6 Å². The van der Waals surface area contributed by atoms with Crippen molar-refractivity contribution in [1.29, 1.82) is 0 Å². The largest absolute Gasteiger partial charge is 0.378 e. The minimum atomic E-state index is -0.0162. The minimum Gasteiger partial charge on any atom is -0.378 e. The van der Waals surface area contributed by atoms with Gasteiger partial charge in [0.15, 0.2) is 0 Å². The summed E-state index contributed by atoms with van der Waals surface area (Å²) in [6.45, 7) is 3.99. The molecule has 0 aliphatic carbocycles. The Labute approximate surface area is 65.5 Å². The van der Waals surface area contributed by atoms with Crippen molar-refractivity contribution in [2.45, 2.75) is 6.04 Å². The van der Waals surface area contributed by atoms with E-state index < -0.39 is 0 Å². The molecule has 2 saturated heterocycles. The second-order valence-corrected chi connectivity index (χ2v) is 2.92. The van der Waals surface area contributed by atoms with Crippen LogP contribution in [-0.2, 0) is 9.53 Å². The number of nitrogens with one attached hydrogen (secondary N) is 1. The summed E-state index contributed by atoms with van der Waals surface area (Å²) in [5.41, 5.74) is 0. The zero-order valence-electron chi connectivity index (χ0n) is 6.38. The Bertz CT molecular complexity index is 170. The van der Waals surface area contributed by atoms with Gasteiger partial charge < -0.3 is 10.1 Å². The van der Waals surface area contributed by atoms with E-state index in [1.165, 1.54) is 0 Å². The van der Waals surface area contributed by atoms with Gasteiger partial charge in [0.1, 0.15) is 6.04 Å². The maximum absolute atomic E-state index is 11.2. The van der Waals surface area contributed by atoms with Crippen LogP contribution < -0.4 is 5.32 Å². The number of ether oxygens (including phenoxy) is 1. The van der Waals surface area contributed by atoms with E-state index >= 15 is 0 Å². The molecule has 0 aromatic carbocycles. The standard InChI is InChI=1S/C7H12N2O2/c10-7-6-5-11-4-3-9(6)2-1-8-7/h6H,1-5H2,(H,8,10). The van der Waals surface area contributed by atoms with Crippen LogP contribution in [0.5, 0.6) is 0 Å². The Hall–Kier alpha value is -0.610. The van der Waals surface area contributed by atoms with E-state index in [2.05, 4.69) is 10.2 Å². The Morgan fingerprint density at radius 3 is 3.27 bits per heavy atom. The lowest BCUT2D eigenvalue weighted by atomic mass is 10.1. The molecule has 0 saturated carbocycles. The lowest BCUT2D eigenvalue weighted by Gasteiger charge is -2.37. The molecule has 1 atom stereocenters. The molecule has 2 rings (SSSR count). The van der Waals surface area contributed by atoms with Crippen LogP contribution in [0.4, 0.5) is 0 Å². The first-order chi connectivity index (χ1) is 5.38. The highest BCUT2D eigenvalue weighted by Gasteiger charge is 2.31. The fraction of sp³-hybridized carbons (Fsp3) is 0.857. The van der Waals surface area contributed by atoms with Crippen molar-refractivity contribution < 1.29 is 9.53 Å². The summed E-state index contributed by atoms with van der Waals surface area (Å²) in [7, 11) is 0. The number of hydrogen-bond acceptors (Lipinski definition) is 3. The second kappa shape index (κ2) is 2.79. The predicted molar refractivity (Wildman–Crippen MR) is 39.2 cm³/mol. The molecule has 0 radical (unpaired) electrons. The average Bonchev–Trinajstić information content (AvgIpc) is 2.06. The SMILES string of the molecule is O=C1NCCN2CCOCC12. The molecule has 4 heteroatoms. The molecule has 0 aromatic heterocycles. The highest BCUT2D eigenvalue weighted by Crippen LogP contribution is 2.08. The van der Waals surface area contributed by atoms with Crippen LogP contribution >= 0.6 is 0 Å². The smallest absolute Gasteiger partial charge is 0.239 e. The molecule has 0 bridgehead atoms. The first kappa shape index (κ1) is 7.06. The highest BCUT2D eigenvalue weighted by atomic mass is 16.5. The number of piperazine rings is 1. The number of hydrogen-bond donors (Lipinski definition) is 1. The van der Waals surface area contributed by atoms with Crippen LogP contribution in [0.3, 0.4) is 0 Å². The van der Waals surface area contributed by atoms with Crippen molar-refractivity contribution in [3.05, 3.63) is 0 Å². The number of fused-ring (bicyclic) bond motifs is 1. The summed E-state index contributed by atoms with van der Waals surface area (Å²) >= 11 is 0. The van der Waals surface area contributed by atoms with E-state index in [1.54, 1.807) is 0 Å². The van der Waals surface area contributed by atoms with E-state index in [1.807, 2.05) is 0 Å². The Morgan fingerprint density at radius 2 is 2.45 bits per heavy atom. The molecule has 62 valence electrons. The van der Waals surface area contributed by atoms with Gasteiger partial charge in [-0.1, -0.05) is 0 Å². The number of morpholine rings is 1. The quantitative estimate of drug-likeness (QED) is 0.480. The van der Waals surface area contributed by atoms with Gasteiger partial charge in [-0.15, -0.1) is 0 Å². The number of nitrogens with zero attached hydrogens (tertiary/aromatic N) is 1. The van der Waals surface area contributed by atoms with Crippen LogP contribution in [0, 0.1) is 0 Å². The third-order valence-corrected chi connectivity index (χ3v) is 2.24. The number of carbonyl (C=O) groups is 1. The van der Waals surface area contributed by atoms with Crippen LogP contribution in [-0.4, -0.2) is 49.7 Å². The van der Waals surface area contributed by atoms with Gasteiger partial charge in [0, 0.05) is 19.6 Å². The lowest BCUT2D eigenvalue weighted by Crippen LogP contribution is -2.59. The maximum atomic E-state index is 11.2. The summed E-state index contributed by atoms with van der Waals surface area (Å²) < 4.78 is 5.21. The first-order valence-corrected chi connectivity index (χ1v) is 3.97. The molecule has 1 amide bonds. The number of rotatable bonds is 0. The Kier molecular flexibility index (Phi) is 1.79. The molecule has 2 fully saturated rings. The van der Waals surface area contributed by atoms with Gasteiger partial charge in [0.2, 0.25) is 5.91 Å². The van der Waals surface area contributed by atoms with E-state index in [4.69, 9.17) is 4.74 Å². The zero-order chi connectivity index (χ0) is 7.68. The third kappa shape index (κ3) is 1.23. The number of carbonyl (C=O) groups excluding carboxylic acids is 1. The minimum absolute atomic E-state index is 0.0162. The second-order valence-electron chi connectivity index (χ2n) is 2.92. The van der Waals surface area contributed by atoms with Gasteiger partial charge in [-0.2, -0.15) is 0 Å². The van der Waals surface area contributed by atoms with E-state index in [-0.39, 0.29) is 11.9 Å². The fourth-order valence-corrected chi connectivity index (χ4v) is 1.59. The normalized spacial score (nSPS) is 32.7. The van der Waals surface area contributed by atoms with E-state index in [9.17, 15) is 4.79 Å². The summed E-state index contributed by atoms with van der Waals surface area (Å²) in [6.07, 6.45) is 0. The van der Waals surface area contributed by atoms with Gasteiger partial charge in [0.25, 0.3) is 0 Å². The Morgan fingerprint density at radius 1 is 1.55 bits per heavy atom. The van der Waals surface area contributed by atoms with Crippen LogP contribution in [0.15, 0.2) is 0 Å². The molecule has 0 aromatic rings. The molecule has 0 spiro atoms. The lowest BCUT2D eigenvalue weighted by molar-refractivity contribution is -0.136. The van der Waals surface area contributed by atoms with Crippen LogP contribution in [0.1, 0.15) is 0 Å². The predicted octanol–water partition coefficient (Wildman–Crippen LogP) is -1.18. The average molecular weight is 156 g/mol. The van der Waals surface area contributed by atoms with Crippen molar-refractivity contribution in [2.75, 3.05) is 32.8 Å². The highest BCUT2D eigenvalue weighted by molar-refractivity contribution is 5.82. The molecule has 2 aliphatic rings. The summed E-state index contributed by atoms with van der Waals surface area (Å²) in [5.74, 6) is 0.121. The maximum Gasteiger partial charge on any atom is 0.239 e. The fourth-order valence-electron chi connectivity index (χ4n) is 1.59. The van der Waals surface area contributed by atoms with Gasteiger partial charge >= 0.3 is 0 Å². The molecular formula is C7H12N2O2. The summed E-state index contributed by atoms with van der Waals surface area (Å²) in [5, 5.41) is 2.82. The molecular weight excluding hydrogens is 144 g/mol. The van der Waals surface area contributed by atoms with Crippen molar-refractivity contribution >= 4 is 5.91 Å². The Balaban J connectivity index is 2.05. The van der Waals surface area contributed by atoms with Crippen LogP contribution in [0.2, 0.25) is 0 Å². The molecule has 11 heavy (non-hydrogen) atoms. The molecule has 1 unspecified atom stereocenters. The monoisotopic (exact) mass is 156 g/mol. The third-order valence-electron chi connectivity index (χ3n) is 2.24. The van der Waals surface area contributed by atoms with Gasteiger partial charge in [-0.3, -0.25) is 9.69 Å². The van der Waals surface area contributed by atoms with Crippen molar-refractivity contribution in [2.24, 2.45) is 0 Å². The molecule has 2 aliphatic heterocycles. The van der Waals surface area contributed by atoms with E-state index in [0.717, 1.165) is 26.2 Å². The molecule has 2 heterocycles. The van der Waals surface area contributed by atoms with Crippen molar-refractivity contribution in [1.82, 2.24) is 10.2 Å². The van der Waals surface area contributed by atoms with E-state index in [0.29, 0.717) is 6.61 Å². The number of amides is 1. The van der Waals surface area contributed by atoms with Crippen LogP contribution in [0.25, 0.3) is 0 Å². The van der Waals surface area contributed by atoms with Crippen molar-refractivity contribution in [3.63, 3.8) is 0 Å². The van der Waals surface area contributed by atoms with Crippen molar-refractivity contribution in [3.8, 4) is 0 Å². The van der Waals surface area contributed by atoms with Gasteiger partial charge in [0.05, 0.1) is 13.2 Å². The zero-order valence-corrected chi connectivity index (χ0v) is 6.38. The summed E-state index contributed by atoms with van der Waals surface area (Å²) in [4.78, 5) is 13.4. The van der Waals surface area contributed by atoms with Gasteiger partial charge in [-0.05, 0) is 0 Å². The summed E-state index contributed by atoms with van der Waals surface area (Å²) in [6, 6.07) is -0.0162. The molecule has 4 nitrogen and oxygen atoms in total. The first-order valence-electron chi connectivity index (χ1n) is 3.97. The van der Waals surface area contributed by atoms with Gasteiger partial charge in [-0.25, -0.2) is 0 Å².